The molecule has 0 saturated carbocycles. The van der Waals surface area contributed by atoms with Gasteiger partial charge in [-0.05, 0) is 12.5 Å². The van der Waals surface area contributed by atoms with Crippen LogP contribution < -0.4 is 10.2 Å². The van der Waals surface area contributed by atoms with Crippen molar-refractivity contribution in [3.63, 3.8) is 0 Å². The minimum atomic E-state index is -0.516. The molecule has 1 aromatic carbocycles. The summed E-state index contributed by atoms with van der Waals surface area (Å²) in [6.45, 7) is 1.24. The van der Waals surface area contributed by atoms with E-state index in [1.807, 2.05) is 0 Å². The third kappa shape index (κ3) is 5.57. The predicted molar refractivity (Wildman–Crippen MR) is 80.9 cm³/mol. The highest BCUT2D eigenvalue weighted by atomic mass is 35.5. The first-order chi connectivity index (χ1) is 9.95. The van der Waals surface area contributed by atoms with Crippen LogP contribution in [-0.4, -0.2) is 44.7 Å². The van der Waals surface area contributed by atoms with Crippen molar-refractivity contribution in [2.45, 2.75) is 6.42 Å². The number of nitrogens with one attached hydrogen (secondary N) is 1. The van der Waals surface area contributed by atoms with Gasteiger partial charge in [-0.1, -0.05) is 11.6 Å². The van der Waals surface area contributed by atoms with Crippen LogP contribution in [0.15, 0.2) is 18.2 Å². The number of carbonyl (C=O) groups is 1. The van der Waals surface area contributed by atoms with Gasteiger partial charge < -0.3 is 15.0 Å². The molecule has 7 nitrogen and oxygen atoms in total. The minimum Gasteiger partial charge on any atom is -0.385 e. The molecule has 0 heterocycles. The van der Waals surface area contributed by atoms with Gasteiger partial charge in [0.2, 0.25) is 5.91 Å². The number of rotatable bonds is 8. The van der Waals surface area contributed by atoms with Crippen LogP contribution in [0.1, 0.15) is 6.42 Å². The van der Waals surface area contributed by atoms with Crippen molar-refractivity contribution in [2.24, 2.45) is 0 Å². The molecule has 116 valence electrons. The van der Waals surface area contributed by atoms with Crippen molar-refractivity contribution in [1.82, 2.24) is 5.32 Å². The number of amides is 1. The maximum Gasteiger partial charge on any atom is 0.271 e. The zero-order valence-corrected chi connectivity index (χ0v) is 12.7. The zero-order valence-electron chi connectivity index (χ0n) is 12.0. The molecule has 21 heavy (non-hydrogen) atoms. The Morgan fingerprint density at radius 1 is 1.52 bits per heavy atom. The number of hydrogen-bond donors (Lipinski definition) is 1. The number of nitro benzene ring substituents is 1. The van der Waals surface area contributed by atoms with E-state index >= 15 is 0 Å². The van der Waals surface area contributed by atoms with Gasteiger partial charge in [-0.15, -0.1) is 0 Å². The summed E-state index contributed by atoms with van der Waals surface area (Å²) in [5.41, 5.74) is 0.482. The molecule has 0 bridgehead atoms. The number of likely N-dealkylation sites (N-methyl/N-ethyl adjacent to an activating group) is 1. The second kappa shape index (κ2) is 8.43. The van der Waals surface area contributed by atoms with Crippen LogP contribution >= 0.6 is 11.6 Å². The van der Waals surface area contributed by atoms with E-state index in [1.54, 1.807) is 19.1 Å². The van der Waals surface area contributed by atoms with Crippen molar-refractivity contribution in [3.05, 3.63) is 33.3 Å². The molecule has 1 rings (SSSR count). The van der Waals surface area contributed by atoms with Crippen molar-refractivity contribution in [2.75, 3.05) is 38.8 Å². The Morgan fingerprint density at radius 3 is 2.81 bits per heavy atom. The van der Waals surface area contributed by atoms with Gasteiger partial charge in [0.05, 0.1) is 22.2 Å². The molecular formula is C13H18ClN3O4. The van der Waals surface area contributed by atoms with Crippen LogP contribution in [0.3, 0.4) is 0 Å². The van der Waals surface area contributed by atoms with Gasteiger partial charge in [0.15, 0.2) is 0 Å². The summed E-state index contributed by atoms with van der Waals surface area (Å²) < 4.78 is 4.89. The SMILES string of the molecule is COCCCNC(=O)CN(C)c1ccc([N+](=O)[O-])cc1Cl. The third-order valence-electron chi connectivity index (χ3n) is 2.78. The molecule has 0 spiro atoms. The fraction of sp³-hybridized carbons (Fsp3) is 0.462. The highest BCUT2D eigenvalue weighted by molar-refractivity contribution is 6.33. The second-order valence-electron chi connectivity index (χ2n) is 4.45. The van der Waals surface area contributed by atoms with E-state index in [1.165, 1.54) is 18.2 Å². The quantitative estimate of drug-likeness (QED) is 0.449. The Bertz CT molecular complexity index is 510. The van der Waals surface area contributed by atoms with E-state index in [0.29, 0.717) is 18.8 Å². The lowest BCUT2D eigenvalue weighted by molar-refractivity contribution is -0.384. The molecular weight excluding hydrogens is 298 g/mol. The van der Waals surface area contributed by atoms with Gasteiger partial charge in [0.1, 0.15) is 0 Å². The molecule has 1 N–H and O–H groups in total. The number of carbonyl (C=O) groups excluding carboxylic acids is 1. The Balaban J connectivity index is 2.57. The molecule has 0 unspecified atom stereocenters. The number of nitrogens with zero attached hydrogens (tertiary/aromatic N) is 2. The number of methoxy groups -OCH3 is 1. The summed E-state index contributed by atoms with van der Waals surface area (Å²) in [6, 6.07) is 4.15. The van der Waals surface area contributed by atoms with Crippen LogP contribution in [0.2, 0.25) is 5.02 Å². The Labute approximate surface area is 128 Å². The van der Waals surface area contributed by atoms with Crippen molar-refractivity contribution < 1.29 is 14.5 Å². The lowest BCUT2D eigenvalue weighted by Crippen LogP contribution is -2.36. The number of hydrogen-bond acceptors (Lipinski definition) is 5. The zero-order chi connectivity index (χ0) is 15.8. The summed E-state index contributed by atoms with van der Waals surface area (Å²) in [7, 11) is 3.30. The summed E-state index contributed by atoms with van der Waals surface area (Å²) >= 11 is 6.00. The highest BCUT2D eigenvalue weighted by Gasteiger charge is 2.14. The molecule has 1 amide bonds. The van der Waals surface area contributed by atoms with Crippen LogP contribution in [0.4, 0.5) is 11.4 Å². The number of ether oxygens (including phenoxy) is 1. The van der Waals surface area contributed by atoms with Gasteiger partial charge in [-0.25, -0.2) is 0 Å². The van der Waals surface area contributed by atoms with Crippen LogP contribution in [-0.2, 0) is 9.53 Å². The normalized spacial score (nSPS) is 10.2. The monoisotopic (exact) mass is 315 g/mol. The maximum absolute atomic E-state index is 11.7. The lowest BCUT2D eigenvalue weighted by Gasteiger charge is -2.19. The molecule has 0 atom stereocenters. The van der Waals surface area contributed by atoms with Gasteiger partial charge in [-0.2, -0.15) is 0 Å². The summed E-state index contributed by atoms with van der Waals surface area (Å²) in [5.74, 6) is -0.150. The Morgan fingerprint density at radius 2 is 2.24 bits per heavy atom. The molecule has 0 saturated heterocycles. The van der Waals surface area contributed by atoms with E-state index in [9.17, 15) is 14.9 Å². The first-order valence-corrected chi connectivity index (χ1v) is 6.74. The first-order valence-electron chi connectivity index (χ1n) is 6.36. The van der Waals surface area contributed by atoms with Crippen molar-refractivity contribution in [1.29, 1.82) is 0 Å². The molecule has 0 aromatic heterocycles. The number of nitro groups is 1. The minimum absolute atomic E-state index is 0.0823. The van der Waals surface area contributed by atoms with E-state index in [0.717, 1.165) is 6.42 Å². The molecule has 8 heteroatoms. The highest BCUT2D eigenvalue weighted by Crippen LogP contribution is 2.28. The van der Waals surface area contributed by atoms with Crippen LogP contribution in [0.5, 0.6) is 0 Å². The number of benzene rings is 1. The van der Waals surface area contributed by atoms with Gasteiger partial charge in [0.25, 0.3) is 5.69 Å². The number of anilines is 1. The standard InChI is InChI=1S/C13H18ClN3O4/c1-16(9-13(18)15-6-3-7-21-2)12-5-4-10(17(19)20)8-11(12)14/h4-5,8H,3,6-7,9H2,1-2H3,(H,15,18). The van der Waals surface area contributed by atoms with Gasteiger partial charge in [-0.3, -0.25) is 14.9 Å². The number of non-ortho nitro benzene ring substituents is 1. The van der Waals surface area contributed by atoms with Crippen LogP contribution in [0, 0.1) is 10.1 Å². The number of halogens is 1. The predicted octanol–water partition coefficient (Wildman–Crippen LogP) is 1.84. The van der Waals surface area contributed by atoms with Crippen molar-refractivity contribution in [3.8, 4) is 0 Å². The van der Waals surface area contributed by atoms with E-state index in [-0.39, 0.29) is 23.2 Å². The second-order valence-corrected chi connectivity index (χ2v) is 4.85. The molecule has 0 aliphatic heterocycles. The van der Waals surface area contributed by atoms with Gasteiger partial charge >= 0.3 is 0 Å². The average molecular weight is 316 g/mol. The Kier molecular flexibility index (Phi) is 6.90. The van der Waals surface area contributed by atoms with Crippen molar-refractivity contribution >= 4 is 28.9 Å². The molecule has 1 aromatic rings. The average Bonchev–Trinajstić information content (AvgIpc) is 2.43. The maximum atomic E-state index is 11.7. The van der Waals surface area contributed by atoms with E-state index < -0.39 is 4.92 Å². The van der Waals surface area contributed by atoms with E-state index in [2.05, 4.69) is 5.32 Å². The summed E-state index contributed by atoms with van der Waals surface area (Å²) in [5, 5.41) is 13.6. The summed E-state index contributed by atoms with van der Waals surface area (Å²) in [4.78, 5) is 23.5. The third-order valence-corrected chi connectivity index (χ3v) is 3.08. The summed E-state index contributed by atoms with van der Waals surface area (Å²) in [6.07, 6.45) is 0.740. The fourth-order valence-electron chi connectivity index (χ4n) is 1.72. The molecule has 0 aliphatic rings. The molecule has 0 aliphatic carbocycles. The molecule has 0 fully saturated rings. The lowest BCUT2D eigenvalue weighted by atomic mass is 10.2. The smallest absolute Gasteiger partial charge is 0.271 e. The molecule has 0 radical (unpaired) electrons. The largest absolute Gasteiger partial charge is 0.385 e. The fourth-order valence-corrected chi connectivity index (χ4v) is 2.04. The van der Waals surface area contributed by atoms with Gasteiger partial charge in [0, 0.05) is 39.4 Å². The Hall–Kier alpha value is -1.86. The topological polar surface area (TPSA) is 84.7 Å². The first kappa shape index (κ1) is 17.2. The van der Waals surface area contributed by atoms with E-state index in [4.69, 9.17) is 16.3 Å². The van der Waals surface area contributed by atoms with Crippen LogP contribution in [0.25, 0.3) is 0 Å².